The summed E-state index contributed by atoms with van der Waals surface area (Å²) in [6.45, 7) is 5.87. The summed E-state index contributed by atoms with van der Waals surface area (Å²) in [6.07, 6.45) is 1.53. The van der Waals surface area contributed by atoms with Crippen LogP contribution in [-0.2, 0) is 5.41 Å². The van der Waals surface area contributed by atoms with Crippen LogP contribution >= 0.6 is 0 Å². The summed E-state index contributed by atoms with van der Waals surface area (Å²) in [4.78, 5) is 0. The molecule has 18 heavy (non-hydrogen) atoms. The minimum absolute atomic E-state index is 0.178. The van der Waals surface area contributed by atoms with Crippen molar-refractivity contribution in [3.8, 4) is 5.75 Å². The molecule has 0 aliphatic carbocycles. The fraction of sp³-hybridized carbons (Fsp3) is 0.600. The van der Waals surface area contributed by atoms with Crippen molar-refractivity contribution in [3.05, 3.63) is 29.3 Å². The van der Waals surface area contributed by atoms with Crippen LogP contribution in [0.4, 0.5) is 0 Å². The van der Waals surface area contributed by atoms with Crippen molar-refractivity contribution in [2.24, 2.45) is 0 Å². The summed E-state index contributed by atoms with van der Waals surface area (Å²) < 4.78 is 5.50. The highest BCUT2D eigenvalue weighted by Crippen LogP contribution is 2.41. The van der Waals surface area contributed by atoms with E-state index in [1.807, 2.05) is 13.0 Å². The first-order chi connectivity index (χ1) is 8.60. The standard InChI is InChI=1S/C15H23NO2/c1-11-4-5-14(18-3)13(10-11)15(12(2)17)6-8-16-9-7-15/h4-5,10,12,16-17H,6-9H2,1-3H3. The molecule has 0 radical (unpaired) electrons. The summed E-state index contributed by atoms with van der Waals surface area (Å²) in [5, 5.41) is 13.7. The molecule has 3 heteroatoms. The highest BCUT2D eigenvalue weighted by Gasteiger charge is 2.40. The van der Waals surface area contributed by atoms with Crippen LogP contribution < -0.4 is 10.1 Å². The molecule has 100 valence electrons. The van der Waals surface area contributed by atoms with Crippen LogP contribution in [0.25, 0.3) is 0 Å². The number of aryl methyl sites for hydroxylation is 1. The molecule has 1 aromatic rings. The van der Waals surface area contributed by atoms with Gasteiger partial charge in [-0.2, -0.15) is 0 Å². The number of benzene rings is 1. The Morgan fingerprint density at radius 2 is 2.00 bits per heavy atom. The molecular weight excluding hydrogens is 226 g/mol. The van der Waals surface area contributed by atoms with E-state index in [0.717, 1.165) is 37.2 Å². The van der Waals surface area contributed by atoms with Gasteiger partial charge in [0.15, 0.2) is 0 Å². The van der Waals surface area contributed by atoms with Gasteiger partial charge in [-0.1, -0.05) is 17.7 Å². The van der Waals surface area contributed by atoms with Gasteiger partial charge in [-0.3, -0.25) is 0 Å². The van der Waals surface area contributed by atoms with Crippen LogP contribution in [0.5, 0.6) is 5.75 Å². The zero-order valence-electron chi connectivity index (χ0n) is 11.5. The Labute approximate surface area is 109 Å². The number of aliphatic hydroxyl groups excluding tert-OH is 1. The van der Waals surface area contributed by atoms with E-state index >= 15 is 0 Å². The molecule has 0 aromatic heterocycles. The lowest BCUT2D eigenvalue weighted by atomic mass is 9.69. The maximum absolute atomic E-state index is 10.3. The topological polar surface area (TPSA) is 41.5 Å². The van der Waals surface area contributed by atoms with Crippen LogP contribution in [0.2, 0.25) is 0 Å². The number of piperidine rings is 1. The first-order valence-corrected chi connectivity index (χ1v) is 6.64. The molecule has 1 aliphatic rings. The fourth-order valence-corrected chi connectivity index (χ4v) is 3.00. The average molecular weight is 249 g/mol. The number of hydrogen-bond donors (Lipinski definition) is 2. The van der Waals surface area contributed by atoms with Crippen molar-refractivity contribution in [2.45, 2.75) is 38.2 Å². The van der Waals surface area contributed by atoms with Gasteiger partial charge in [-0.05, 0) is 45.8 Å². The van der Waals surface area contributed by atoms with Crippen LogP contribution in [-0.4, -0.2) is 31.4 Å². The smallest absolute Gasteiger partial charge is 0.122 e. The van der Waals surface area contributed by atoms with Crippen molar-refractivity contribution < 1.29 is 9.84 Å². The monoisotopic (exact) mass is 249 g/mol. The summed E-state index contributed by atoms with van der Waals surface area (Å²) in [7, 11) is 1.70. The summed E-state index contributed by atoms with van der Waals surface area (Å²) >= 11 is 0. The number of hydrogen-bond acceptors (Lipinski definition) is 3. The Morgan fingerprint density at radius 3 is 2.56 bits per heavy atom. The second kappa shape index (κ2) is 5.29. The average Bonchev–Trinajstić information content (AvgIpc) is 2.39. The van der Waals surface area contributed by atoms with E-state index < -0.39 is 0 Å². The minimum Gasteiger partial charge on any atom is -0.496 e. The highest BCUT2D eigenvalue weighted by atomic mass is 16.5. The largest absolute Gasteiger partial charge is 0.496 e. The van der Waals surface area contributed by atoms with Gasteiger partial charge >= 0.3 is 0 Å². The quantitative estimate of drug-likeness (QED) is 0.861. The maximum Gasteiger partial charge on any atom is 0.122 e. The molecule has 1 saturated heterocycles. The second-order valence-corrected chi connectivity index (χ2v) is 5.29. The predicted octanol–water partition coefficient (Wildman–Crippen LogP) is 2.01. The molecule has 1 aromatic carbocycles. The van der Waals surface area contributed by atoms with E-state index in [-0.39, 0.29) is 11.5 Å². The van der Waals surface area contributed by atoms with Crippen molar-refractivity contribution >= 4 is 0 Å². The molecule has 1 heterocycles. The molecule has 1 unspecified atom stereocenters. The van der Waals surface area contributed by atoms with E-state index in [1.165, 1.54) is 5.56 Å². The fourth-order valence-electron chi connectivity index (χ4n) is 3.00. The van der Waals surface area contributed by atoms with Gasteiger partial charge in [0.2, 0.25) is 0 Å². The first-order valence-electron chi connectivity index (χ1n) is 6.64. The van der Waals surface area contributed by atoms with E-state index in [1.54, 1.807) is 7.11 Å². The van der Waals surface area contributed by atoms with E-state index in [4.69, 9.17) is 4.74 Å². The first kappa shape index (κ1) is 13.4. The Balaban J connectivity index is 2.50. The molecule has 1 atom stereocenters. The Bertz CT molecular complexity index is 409. The maximum atomic E-state index is 10.3. The molecule has 0 amide bonds. The molecule has 0 bridgehead atoms. The van der Waals surface area contributed by atoms with Crippen LogP contribution in [0, 0.1) is 6.92 Å². The lowest BCUT2D eigenvalue weighted by Crippen LogP contribution is -2.47. The van der Waals surface area contributed by atoms with Gasteiger partial charge in [0.05, 0.1) is 13.2 Å². The van der Waals surface area contributed by atoms with Crippen molar-refractivity contribution in [1.82, 2.24) is 5.32 Å². The lowest BCUT2D eigenvalue weighted by Gasteiger charge is -2.41. The summed E-state index contributed by atoms with van der Waals surface area (Å²) in [5.74, 6) is 0.892. The summed E-state index contributed by atoms with van der Waals surface area (Å²) in [6, 6.07) is 6.23. The molecule has 0 saturated carbocycles. The van der Waals surface area contributed by atoms with Crippen LogP contribution in [0.1, 0.15) is 30.9 Å². The number of ether oxygens (including phenoxy) is 1. The van der Waals surface area contributed by atoms with Gasteiger partial charge in [-0.15, -0.1) is 0 Å². The third-order valence-corrected chi connectivity index (χ3v) is 4.19. The minimum atomic E-state index is -0.365. The molecular formula is C15H23NO2. The van der Waals surface area contributed by atoms with Gasteiger partial charge in [0.1, 0.15) is 5.75 Å². The number of rotatable bonds is 3. The third kappa shape index (κ3) is 2.25. The van der Waals surface area contributed by atoms with Crippen molar-refractivity contribution in [1.29, 1.82) is 0 Å². The summed E-state index contributed by atoms with van der Waals surface area (Å²) in [5.41, 5.74) is 2.19. The van der Waals surface area contributed by atoms with Gasteiger partial charge < -0.3 is 15.2 Å². The molecule has 2 N–H and O–H groups in total. The Morgan fingerprint density at radius 1 is 1.33 bits per heavy atom. The van der Waals surface area contributed by atoms with Crippen molar-refractivity contribution in [2.75, 3.05) is 20.2 Å². The van der Waals surface area contributed by atoms with E-state index in [9.17, 15) is 5.11 Å². The predicted molar refractivity (Wildman–Crippen MR) is 73.2 cm³/mol. The van der Waals surface area contributed by atoms with E-state index in [0.29, 0.717) is 0 Å². The zero-order chi connectivity index (χ0) is 13.2. The highest BCUT2D eigenvalue weighted by molar-refractivity contribution is 5.43. The number of nitrogens with one attached hydrogen (secondary N) is 1. The molecule has 3 nitrogen and oxygen atoms in total. The molecule has 0 spiro atoms. The molecule has 1 fully saturated rings. The van der Waals surface area contributed by atoms with Gasteiger partial charge in [0.25, 0.3) is 0 Å². The van der Waals surface area contributed by atoms with Gasteiger partial charge in [-0.25, -0.2) is 0 Å². The normalized spacial score (nSPS) is 20.4. The zero-order valence-corrected chi connectivity index (χ0v) is 11.5. The lowest BCUT2D eigenvalue weighted by molar-refractivity contribution is 0.0714. The number of methoxy groups -OCH3 is 1. The number of aliphatic hydroxyl groups is 1. The SMILES string of the molecule is COc1ccc(C)cc1C1(C(C)O)CCNCC1. The third-order valence-electron chi connectivity index (χ3n) is 4.19. The van der Waals surface area contributed by atoms with Gasteiger partial charge in [0, 0.05) is 11.0 Å². The van der Waals surface area contributed by atoms with Crippen LogP contribution in [0.15, 0.2) is 18.2 Å². The Hall–Kier alpha value is -1.06. The molecule has 1 aliphatic heterocycles. The van der Waals surface area contributed by atoms with Crippen molar-refractivity contribution in [3.63, 3.8) is 0 Å². The van der Waals surface area contributed by atoms with E-state index in [2.05, 4.69) is 24.4 Å². The second-order valence-electron chi connectivity index (χ2n) is 5.29. The van der Waals surface area contributed by atoms with Crippen LogP contribution in [0.3, 0.4) is 0 Å². The molecule has 2 rings (SSSR count). The Kier molecular flexibility index (Phi) is 3.93.